The van der Waals surface area contributed by atoms with E-state index in [1.807, 2.05) is 6.07 Å². The van der Waals surface area contributed by atoms with E-state index in [-0.39, 0.29) is 12.4 Å². The predicted octanol–water partition coefficient (Wildman–Crippen LogP) is 1.14. The van der Waals surface area contributed by atoms with Crippen molar-refractivity contribution in [3.63, 3.8) is 0 Å². The number of methoxy groups -OCH3 is 1. The van der Waals surface area contributed by atoms with Crippen molar-refractivity contribution in [3.05, 3.63) is 17.6 Å². The zero-order valence-corrected chi connectivity index (χ0v) is 10.9. The average molecular weight is 249 g/mol. The summed E-state index contributed by atoms with van der Waals surface area (Å²) in [5, 5.41) is 9.22. The van der Waals surface area contributed by atoms with Crippen LogP contribution in [0.5, 0.6) is 5.88 Å². The molecule has 1 atom stereocenters. The maximum Gasteiger partial charge on any atom is 0.334 e. The average Bonchev–Trinajstić information content (AvgIpc) is 2.37. The van der Waals surface area contributed by atoms with Gasteiger partial charge in [-0.15, -0.1) is 0 Å². The van der Waals surface area contributed by atoms with Crippen molar-refractivity contribution in [2.24, 2.45) is 0 Å². The molecule has 0 spiro atoms. The molecule has 1 aromatic heterocycles. The van der Waals surface area contributed by atoms with Crippen LogP contribution in [0.2, 0.25) is 0 Å². The van der Waals surface area contributed by atoms with Crippen molar-refractivity contribution in [1.29, 1.82) is 5.26 Å². The van der Waals surface area contributed by atoms with Gasteiger partial charge in [0.15, 0.2) is 5.82 Å². The van der Waals surface area contributed by atoms with Crippen LogP contribution in [0.25, 0.3) is 0 Å². The second kappa shape index (κ2) is 5.45. The predicted molar refractivity (Wildman–Crippen MR) is 62.9 cm³/mol. The first kappa shape index (κ1) is 13.9. The number of esters is 1. The minimum Gasteiger partial charge on any atom is -0.481 e. The Morgan fingerprint density at radius 3 is 2.72 bits per heavy atom. The Kier molecular flexibility index (Phi) is 4.21. The van der Waals surface area contributed by atoms with Gasteiger partial charge in [-0.05, 0) is 20.8 Å². The van der Waals surface area contributed by atoms with Crippen LogP contribution in [0.1, 0.15) is 25.4 Å². The standard InChI is InChI=1S/C12H15N3O3/c1-5-18-11(16)12(3,7-13)10-14-8(2)6-9(15-10)17-4/h6H,5H2,1-4H3. The molecule has 0 bridgehead atoms. The molecule has 0 aliphatic heterocycles. The summed E-state index contributed by atoms with van der Waals surface area (Å²) in [6, 6.07) is 3.52. The van der Waals surface area contributed by atoms with Gasteiger partial charge in [-0.2, -0.15) is 10.2 Å². The Hall–Kier alpha value is -2.16. The number of nitrogens with zero attached hydrogens (tertiary/aromatic N) is 3. The lowest BCUT2D eigenvalue weighted by Crippen LogP contribution is -2.35. The summed E-state index contributed by atoms with van der Waals surface area (Å²) in [4.78, 5) is 20.0. The second-order valence-electron chi connectivity index (χ2n) is 3.83. The summed E-state index contributed by atoms with van der Waals surface area (Å²) in [7, 11) is 1.46. The molecule has 18 heavy (non-hydrogen) atoms. The number of nitriles is 1. The highest BCUT2D eigenvalue weighted by molar-refractivity contribution is 5.85. The molecule has 0 saturated carbocycles. The van der Waals surface area contributed by atoms with Crippen LogP contribution in [0.4, 0.5) is 0 Å². The molecule has 6 heteroatoms. The molecule has 0 radical (unpaired) electrons. The lowest BCUT2D eigenvalue weighted by Gasteiger charge is -2.18. The van der Waals surface area contributed by atoms with Crippen LogP contribution in [0.3, 0.4) is 0 Å². The van der Waals surface area contributed by atoms with E-state index in [0.29, 0.717) is 11.6 Å². The smallest absolute Gasteiger partial charge is 0.334 e. The lowest BCUT2D eigenvalue weighted by molar-refractivity contribution is -0.147. The summed E-state index contributed by atoms with van der Waals surface area (Å²) < 4.78 is 9.89. The van der Waals surface area contributed by atoms with Crippen molar-refractivity contribution < 1.29 is 14.3 Å². The Morgan fingerprint density at radius 1 is 1.56 bits per heavy atom. The molecule has 0 aliphatic carbocycles. The summed E-state index contributed by atoms with van der Waals surface area (Å²) in [5.74, 6) is -0.274. The van der Waals surface area contributed by atoms with Gasteiger partial charge in [-0.25, -0.2) is 9.78 Å². The van der Waals surface area contributed by atoms with Crippen LogP contribution < -0.4 is 4.74 Å². The molecule has 1 unspecified atom stereocenters. The molecule has 1 heterocycles. The third-order valence-corrected chi connectivity index (χ3v) is 2.39. The second-order valence-corrected chi connectivity index (χ2v) is 3.83. The van der Waals surface area contributed by atoms with Gasteiger partial charge in [0.05, 0.1) is 19.8 Å². The number of hydrogen-bond acceptors (Lipinski definition) is 6. The molecule has 0 aromatic carbocycles. The van der Waals surface area contributed by atoms with Crippen molar-refractivity contribution in [1.82, 2.24) is 9.97 Å². The van der Waals surface area contributed by atoms with Crippen LogP contribution in [-0.4, -0.2) is 29.7 Å². The van der Waals surface area contributed by atoms with Crippen LogP contribution >= 0.6 is 0 Å². The van der Waals surface area contributed by atoms with Crippen molar-refractivity contribution in [2.45, 2.75) is 26.2 Å². The van der Waals surface area contributed by atoms with E-state index in [4.69, 9.17) is 9.47 Å². The minimum absolute atomic E-state index is 0.0836. The Bertz CT molecular complexity index is 496. The molecule has 1 aromatic rings. The molecule has 0 amide bonds. The van der Waals surface area contributed by atoms with E-state index >= 15 is 0 Å². The molecule has 0 N–H and O–H groups in total. The maximum atomic E-state index is 11.8. The molecule has 0 fully saturated rings. The Balaban J connectivity index is 3.28. The molecule has 96 valence electrons. The zero-order chi connectivity index (χ0) is 13.8. The van der Waals surface area contributed by atoms with Crippen LogP contribution in [0.15, 0.2) is 6.07 Å². The third-order valence-electron chi connectivity index (χ3n) is 2.39. The van der Waals surface area contributed by atoms with Gasteiger partial charge in [-0.3, -0.25) is 0 Å². The van der Waals surface area contributed by atoms with Gasteiger partial charge in [0.2, 0.25) is 11.3 Å². The fourth-order valence-electron chi connectivity index (χ4n) is 1.33. The van der Waals surface area contributed by atoms with E-state index in [1.54, 1.807) is 19.9 Å². The van der Waals surface area contributed by atoms with E-state index in [0.717, 1.165) is 0 Å². The van der Waals surface area contributed by atoms with Gasteiger partial charge in [0.25, 0.3) is 0 Å². The number of carbonyl (C=O) groups excluding carboxylic acids is 1. The monoisotopic (exact) mass is 249 g/mol. The maximum absolute atomic E-state index is 11.8. The van der Waals surface area contributed by atoms with Gasteiger partial charge in [-0.1, -0.05) is 0 Å². The quantitative estimate of drug-likeness (QED) is 0.744. The van der Waals surface area contributed by atoms with Crippen molar-refractivity contribution in [3.8, 4) is 11.9 Å². The summed E-state index contributed by atoms with van der Waals surface area (Å²) in [6.07, 6.45) is 0. The first-order chi connectivity index (χ1) is 8.47. The normalized spacial score (nSPS) is 13.3. The number of hydrogen-bond donors (Lipinski definition) is 0. The minimum atomic E-state index is -1.53. The third kappa shape index (κ3) is 2.56. The summed E-state index contributed by atoms with van der Waals surface area (Å²) >= 11 is 0. The number of ether oxygens (including phenoxy) is 2. The lowest BCUT2D eigenvalue weighted by atomic mass is 9.91. The molecular formula is C12H15N3O3. The Labute approximate surface area is 106 Å². The van der Waals surface area contributed by atoms with Crippen molar-refractivity contribution in [2.75, 3.05) is 13.7 Å². The highest BCUT2D eigenvalue weighted by atomic mass is 16.5. The van der Waals surface area contributed by atoms with Gasteiger partial charge in [0, 0.05) is 11.8 Å². The van der Waals surface area contributed by atoms with E-state index in [9.17, 15) is 10.1 Å². The molecule has 0 aliphatic rings. The number of carbonyl (C=O) groups is 1. The number of rotatable bonds is 4. The Morgan fingerprint density at radius 2 is 2.22 bits per heavy atom. The van der Waals surface area contributed by atoms with E-state index in [1.165, 1.54) is 14.0 Å². The van der Waals surface area contributed by atoms with Gasteiger partial charge >= 0.3 is 5.97 Å². The number of aromatic nitrogens is 2. The van der Waals surface area contributed by atoms with Gasteiger partial charge < -0.3 is 9.47 Å². The first-order valence-electron chi connectivity index (χ1n) is 5.46. The number of aryl methyl sites for hydroxylation is 1. The van der Waals surface area contributed by atoms with E-state index < -0.39 is 11.4 Å². The highest BCUT2D eigenvalue weighted by Gasteiger charge is 2.40. The van der Waals surface area contributed by atoms with Crippen molar-refractivity contribution >= 4 is 5.97 Å². The molecular weight excluding hydrogens is 234 g/mol. The molecule has 6 nitrogen and oxygen atoms in total. The van der Waals surface area contributed by atoms with Gasteiger partial charge in [0.1, 0.15) is 0 Å². The first-order valence-corrected chi connectivity index (χ1v) is 5.46. The highest BCUT2D eigenvalue weighted by Crippen LogP contribution is 2.23. The summed E-state index contributed by atoms with van der Waals surface area (Å²) in [5.41, 5.74) is -0.919. The fraction of sp³-hybridized carbons (Fsp3) is 0.500. The largest absolute Gasteiger partial charge is 0.481 e. The van der Waals surface area contributed by atoms with E-state index in [2.05, 4.69) is 9.97 Å². The molecule has 1 rings (SSSR count). The van der Waals surface area contributed by atoms with Crippen LogP contribution in [-0.2, 0) is 14.9 Å². The topological polar surface area (TPSA) is 85.1 Å². The zero-order valence-electron chi connectivity index (χ0n) is 10.9. The fourth-order valence-corrected chi connectivity index (χ4v) is 1.33. The summed E-state index contributed by atoms with van der Waals surface area (Å²) in [6.45, 7) is 5.03. The molecule has 0 saturated heterocycles. The SMILES string of the molecule is CCOC(=O)C(C)(C#N)c1nc(C)cc(OC)n1. The van der Waals surface area contributed by atoms with Crippen LogP contribution in [0, 0.1) is 18.3 Å².